The van der Waals surface area contributed by atoms with E-state index < -0.39 is 12.1 Å². The van der Waals surface area contributed by atoms with E-state index in [0.717, 1.165) is 25.9 Å². The van der Waals surface area contributed by atoms with Gasteiger partial charge in [0.05, 0.1) is 0 Å². The van der Waals surface area contributed by atoms with Crippen molar-refractivity contribution in [1.82, 2.24) is 4.90 Å². The van der Waals surface area contributed by atoms with Crippen molar-refractivity contribution in [3.63, 3.8) is 0 Å². The summed E-state index contributed by atoms with van der Waals surface area (Å²) in [6.07, 6.45) is 0.950. The summed E-state index contributed by atoms with van der Waals surface area (Å²) in [5, 5.41) is 10.4. The van der Waals surface area contributed by atoms with Crippen LogP contribution in [0.1, 0.15) is 24.5 Å². The van der Waals surface area contributed by atoms with Crippen LogP contribution in [0.3, 0.4) is 0 Å². The van der Waals surface area contributed by atoms with E-state index in [4.69, 9.17) is 15.2 Å². The van der Waals surface area contributed by atoms with E-state index in [-0.39, 0.29) is 18.3 Å². The quantitative estimate of drug-likeness (QED) is 0.859. The summed E-state index contributed by atoms with van der Waals surface area (Å²) in [7, 11) is 0. The van der Waals surface area contributed by atoms with Crippen LogP contribution < -0.4 is 15.2 Å². The maximum absolute atomic E-state index is 12.2. The lowest BCUT2D eigenvalue weighted by molar-refractivity contribution is -0.134. The highest BCUT2D eigenvalue weighted by Crippen LogP contribution is 2.33. The number of rotatable bonds is 3. The van der Waals surface area contributed by atoms with Gasteiger partial charge in [-0.3, -0.25) is 4.79 Å². The van der Waals surface area contributed by atoms with Gasteiger partial charge in [0.25, 0.3) is 0 Å². The van der Waals surface area contributed by atoms with Crippen LogP contribution in [0.2, 0.25) is 0 Å². The zero-order valence-electron chi connectivity index (χ0n) is 12.2. The van der Waals surface area contributed by atoms with Crippen molar-refractivity contribution in [2.45, 2.75) is 25.0 Å². The Bertz CT molecular complexity index is 534. The Labute approximate surface area is 135 Å². The normalized spacial score (nSPS) is 19.3. The number of halogens is 1. The van der Waals surface area contributed by atoms with Crippen LogP contribution >= 0.6 is 12.4 Å². The molecule has 2 aliphatic heterocycles. The Morgan fingerprint density at radius 2 is 1.82 bits per heavy atom. The molecule has 2 heterocycles. The van der Waals surface area contributed by atoms with Gasteiger partial charge < -0.3 is 25.2 Å². The number of aliphatic hydroxyl groups is 1. The number of fused-ring (bicyclic) bond motifs is 1. The van der Waals surface area contributed by atoms with Gasteiger partial charge in [0.1, 0.15) is 25.4 Å². The molecule has 1 aromatic rings. The SMILES string of the molecule is Cl.N[C@@H](C(=O)N1CCCC1)[C@@H](O)c1ccc2c(c1)OCCO2. The molecular weight excluding hydrogens is 308 g/mol. The highest BCUT2D eigenvalue weighted by atomic mass is 35.5. The van der Waals surface area contributed by atoms with Crippen molar-refractivity contribution >= 4 is 18.3 Å². The first-order valence-corrected chi connectivity index (χ1v) is 7.29. The third kappa shape index (κ3) is 3.29. The van der Waals surface area contributed by atoms with Gasteiger partial charge in [-0.25, -0.2) is 0 Å². The van der Waals surface area contributed by atoms with E-state index in [1.54, 1.807) is 23.1 Å². The second kappa shape index (κ2) is 7.17. The third-order valence-electron chi connectivity index (χ3n) is 3.95. The van der Waals surface area contributed by atoms with Gasteiger partial charge in [0.2, 0.25) is 5.91 Å². The second-order valence-corrected chi connectivity index (χ2v) is 5.41. The number of likely N-dealkylation sites (tertiary alicyclic amines) is 1. The number of carbonyl (C=O) groups is 1. The van der Waals surface area contributed by atoms with Gasteiger partial charge in [-0.05, 0) is 30.5 Å². The van der Waals surface area contributed by atoms with Gasteiger partial charge in [0, 0.05) is 13.1 Å². The summed E-state index contributed by atoms with van der Waals surface area (Å²) >= 11 is 0. The highest BCUT2D eigenvalue weighted by Gasteiger charge is 2.30. The Hall–Kier alpha value is -1.50. The number of benzene rings is 1. The molecule has 2 atom stereocenters. The minimum absolute atomic E-state index is 0. The first-order valence-electron chi connectivity index (χ1n) is 7.29. The van der Waals surface area contributed by atoms with E-state index in [9.17, 15) is 9.90 Å². The molecule has 0 aliphatic carbocycles. The number of hydrogen-bond donors (Lipinski definition) is 2. The van der Waals surface area contributed by atoms with E-state index in [2.05, 4.69) is 0 Å². The Kier molecular flexibility index (Phi) is 5.50. The van der Waals surface area contributed by atoms with Crippen molar-refractivity contribution in [2.24, 2.45) is 5.73 Å². The summed E-state index contributed by atoms with van der Waals surface area (Å²) in [5.41, 5.74) is 6.50. The molecule has 1 aromatic carbocycles. The molecule has 0 unspecified atom stereocenters. The van der Waals surface area contributed by atoms with Crippen molar-refractivity contribution in [3.8, 4) is 11.5 Å². The number of hydrogen-bond acceptors (Lipinski definition) is 5. The van der Waals surface area contributed by atoms with Gasteiger partial charge in [-0.15, -0.1) is 12.4 Å². The molecule has 6 nitrogen and oxygen atoms in total. The molecule has 1 saturated heterocycles. The summed E-state index contributed by atoms with van der Waals surface area (Å²) in [6, 6.07) is 4.19. The van der Waals surface area contributed by atoms with Crippen LogP contribution in [0, 0.1) is 0 Å². The second-order valence-electron chi connectivity index (χ2n) is 5.41. The van der Waals surface area contributed by atoms with E-state index in [1.807, 2.05) is 0 Å². The lowest BCUT2D eigenvalue weighted by Crippen LogP contribution is -2.45. The molecular formula is C15H21ClN2O4. The maximum Gasteiger partial charge on any atom is 0.242 e. The molecule has 0 saturated carbocycles. The van der Waals surface area contributed by atoms with Crippen molar-refractivity contribution < 1.29 is 19.4 Å². The lowest BCUT2D eigenvalue weighted by atomic mass is 10.0. The predicted octanol–water partition coefficient (Wildman–Crippen LogP) is 0.863. The lowest BCUT2D eigenvalue weighted by Gasteiger charge is -2.25. The van der Waals surface area contributed by atoms with Crippen LogP contribution in [-0.4, -0.2) is 48.3 Å². The van der Waals surface area contributed by atoms with E-state index in [1.165, 1.54) is 0 Å². The van der Waals surface area contributed by atoms with Crippen molar-refractivity contribution in [3.05, 3.63) is 23.8 Å². The Morgan fingerprint density at radius 3 is 2.50 bits per heavy atom. The fourth-order valence-corrected chi connectivity index (χ4v) is 2.73. The molecule has 3 rings (SSSR count). The van der Waals surface area contributed by atoms with E-state index >= 15 is 0 Å². The van der Waals surface area contributed by atoms with E-state index in [0.29, 0.717) is 30.3 Å². The average Bonchev–Trinajstić information content (AvgIpc) is 3.06. The fraction of sp³-hybridized carbons (Fsp3) is 0.533. The first kappa shape index (κ1) is 16.9. The smallest absolute Gasteiger partial charge is 0.242 e. The monoisotopic (exact) mass is 328 g/mol. The van der Waals surface area contributed by atoms with Gasteiger partial charge in [-0.1, -0.05) is 6.07 Å². The van der Waals surface area contributed by atoms with Gasteiger partial charge >= 0.3 is 0 Å². The van der Waals surface area contributed by atoms with Crippen LogP contribution in [0.5, 0.6) is 11.5 Å². The molecule has 0 radical (unpaired) electrons. The highest BCUT2D eigenvalue weighted by molar-refractivity contribution is 5.85. The van der Waals surface area contributed by atoms with Crippen LogP contribution in [0.25, 0.3) is 0 Å². The molecule has 0 bridgehead atoms. The summed E-state index contributed by atoms with van der Waals surface area (Å²) in [6.45, 7) is 2.44. The predicted molar refractivity (Wildman–Crippen MR) is 83.4 cm³/mol. The molecule has 1 fully saturated rings. The topological polar surface area (TPSA) is 85.0 Å². The average molecular weight is 329 g/mol. The van der Waals surface area contributed by atoms with Crippen LogP contribution in [0.4, 0.5) is 0 Å². The van der Waals surface area contributed by atoms with Crippen molar-refractivity contribution in [1.29, 1.82) is 0 Å². The number of amides is 1. The molecule has 0 aromatic heterocycles. The molecule has 3 N–H and O–H groups in total. The fourth-order valence-electron chi connectivity index (χ4n) is 2.73. The number of nitrogens with two attached hydrogens (primary N) is 1. The number of aliphatic hydroxyl groups excluding tert-OH is 1. The summed E-state index contributed by atoms with van der Waals surface area (Å²) in [5.74, 6) is 1.03. The number of nitrogens with zero attached hydrogens (tertiary/aromatic N) is 1. The molecule has 2 aliphatic rings. The minimum atomic E-state index is -1.05. The zero-order chi connectivity index (χ0) is 14.8. The molecule has 0 spiro atoms. The largest absolute Gasteiger partial charge is 0.486 e. The van der Waals surface area contributed by atoms with Crippen LogP contribution in [-0.2, 0) is 4.79 Å². The van der Waals surface area contributed by atoms with Crippen molar-refractivity contribution in [2.75, 3.05) is 26.3 Å². The molecule has 122 valence electrons. The first-order chi connectivity index (χ1) is 10.2. The minimum Gasteiger partial charge on any atom is -0.486 e. The molecule has 1 amide bonds. The van der Waals surface area contributed by atoms with Crippen LogP contribution in [0.15, 0.2) is 18.2 Å². The van der Waals surface area contributed by atoms with Gasteiger partial charge in [-0.2, -0.15) is 0 Å². The zero-order valence-corrected chi connectivity index (χ0v) is 13.1. The summed E-state index contributed by atoms with van der Waals surface area (Å²) in [4.78, 5) is 13.9. The molecule has 22 heavy (non-hydrogen) atoms. The maximum atomic E-state index is 12.2. The summed E-state index contributed by atoms with van der Waals surface area (Å²) < 4.78 is 10.9. The third-order valence-corrected chi connectivity index (χ3v) is 3.95. The number of ether oxygens (including phenoxy) is 2. The van der Waals surface area contributed by atoms with Gasteiger partial charge in [0.15, 0.2) is 11.5 Å². The number of carbonyl (C=O) groups excluding carboxylic acids is 1. The Morgan fingerprint density at radius 1 is 1.18 bits per heavy atom. The standard InChI is InChI=1S/C15H20N2O4.ClH/c16-13(15(19)17-5-1-2-6-17)14(18)10-3-4-11-12(9-10)21-8-7-20-11;/h3-4,9,13-14,18H,1-2,5-8,16H2;1H/t13-,14+;/m1./s1. The Balaban J connectivity index is 0.00000176. The molecule has 7 heteroatoms.